The molecular weight excluding hydrogens is 312 g/mol. The summed E-state index contributed by atoms with van der Waals surface area (Å²) in [5.74, 6) is -3.66. The van der Waals surface area contributed by atoms with Crippen LogP contribution >= 0.6 is 15.9 Å². The van der Waals surface area contributed by atoms with E-state index in [1.807, 2.05) is 0 Å². The maximum atomic E-state index is 13.5. The summed E-state index contributed by atoms with van der Waals surface area (Å²) < 4.78 is 52.2. The van der Waals surface area contributed by atoms with E-state index in [4.69, 9.17) is 0 Å². The molecule has 0 fully saturated rings. The zero-order valence-corrected chi connectivity index (χ0v) is 10.5. The van der Waals surface area contributed by atoms with Crippen LogP contribution in [0, 0.1) is 23.3 Å². The second-order valence-electron chi connectivity index (χ2n) is 3.70. The average Bonchev–Trinajstić information content (AvgIpc) is 2.34. The molecule has 94 valence electrons. The first-order valence-corrected chi connectivity index (χ1v) is 5.94. The highest BCUT2D eigenvalue weighted by atomic mass is 79.9. The van der Waals surface area contributed by atoms with Crippen molar-refractivity contribution >= 4 is 15.9 Å². The van der Waals surface area contributed by atoms with E-state index in [0.717, 1.165) is 6.07 Å². The molecule has 1 unspecified atom stereocenters. The lowest BCUT2D eigenvalue weighted by atomic mass is 10.0. The van der Waals surface area contributed by atoms with Crippen LogP contribution in [0.25, 0.3) is 0 Å². The van der Waals surface area contributed by atoms with Crippen LogP contribution in [0.15, 0.2) is 36.4 Å². The Kier molecular flexibility index (Phi) is 3.71. The van der Waals surface area contributed by atoms with Crippen LogP contribution in [0.1, 0.15) is 16.0 Å². The molecule has 0 radical (unpaired) electrons. The molecule has 0 bridgehead atoms. The highest BCUT2D eigenvalue weighted by Crippen LogP contribution is 2.33. The Morgan fingerprint density at radius 3 is 1.94 bits per heavy atom. The first-order valence-electron chi connectivity index (χ1n) is 5.03. The molecule has 0 aliphatic carbocycles. The van der Waals surface area contributed by atoms with Gasteiger partial charge in [-0.1, -0.05) is 28.1 Å². The van der Waals surface area contributed by atoms with Gasteiger partial charge in [0.1, 0.15) is 11.6 Å². The Balaban J connectivity index is 2.42. The van der Waals surface area contributed by atoms with Crippen molar-refractivity contribution in [3.8, 4) is 0 Å². The molecule has 2 aromatic rings. The summed E-state index contributed by atoms with van der Waals surface area (Å²) in [5.41, 5.74) is 0.502. The molecule has 1 atom stereocenters. The molecule has 0 heterocycles. The number of hydrogen-bond donors (Lipinski definition) is 0. The fourth-order valence-corrected chi connectivity index (χ4v) is 2.20. The molecular formula is C13H7BrF4. The summed E-state index contributed by atoms with van der Waals surface area (Å²) >= 11 is 3.18. The smallest absolute Gasteiger partial charge is 0.161 e. The quantitative estimate of drug-likeness (QED) is 0.427. The predicted molar refractivity (Wildman–Crippen MR) is 63.5 cm³/mol. The Hall–Kier alpha value is -1.36. The Morgan fingerprint density at radius 1 is 0.778 bits per heavy atom. The molecule has 0 saturated carbocycles. The number of halogens is 5. The van der Waals surface area contributed by atoms with Crippen molar-refractivity contribution in [1.82, 2.24) is 0 Å². The molecule has 0 amide bonds. The minimum absolute atomic E-state index is 0.0412. The summed E-state index contributed by atoms with van der Waals surface area (Å²) in [7, 11) is 0. The fraction of sp³-hybridized carbons (Fsp3) is 0.0769. The summed E-state index contributed by atoms with van der Waals surface area (Å²) in [6.07, 6.45) is 0. The minimum Gasteiger partial charge on any atom is -0.207 e. The molecule has 2 aromatic carbocycles. The Labute approximate surface area is 109 Å². The first kappa shape index (κ1) is 13.1. The Morgan fingerprint density at radius 2 is 1.33 bits per heavy atom. The molecule has 0 aliphatic heterocycles. The SMILES string of the molecule is Fc1ccc(C(Br)c2cc(F)c(F)cc2F)cc1. The molecule has 0 spiro atoms. The van der Waals surface area contributed by atoms with Gasteiger partial charge >= 0.3 is 0 Å². The fourth-order valence-electron chi connectivity index (χ4n) is 1.54. The van der Waals surface area contributed by atoms with Crippen LogP contribution in [0.2, 0.25) is 0 Å². The third-order valence-corrected chi connectivity index (χ3v) is 3.50. The predicted octanol–water partition coefficient (Wildman–Crippen LogP) is 4.73. The van der Waals surface area contributed by atoms with Crippen LogP contribution in [0.3, 0.4) is 0 Å². The highest BCUT2D eigenvalue weighted by Gasteiger charge is 2.18. The average molecular weight is 319 g/mol. The van der Waals surface area contributed by atoms with Gasteiger partial charge < -0.3 is 0 Å². The van der Waals surface area contributed by atoms with E-state index in [-0.39, 0.29) is 5.56 Å². The van der Waals surface area contributed by atoms with Gasteiger partial charge in [-0.05, 0) is 23.8 Å². The summed E-state index contributed by atoms with van der Waals surface area (Å²) in [5, 5.41) is 0. The van der Waals surface area contributed by atoms with Gasteiger partial charge in [-0.2, -0.15) is 0 Å². The lowest BCUT2D eigenvalue weighted by Crippen LogP contribution is -2.00. The summed E-state index contributed by atoms with van der Waals surface area (Å²) in [6.45, 7) is 0. The molecule has 0 nitrogen and oxygen atoms in total. The van der Waals surface area contributed by atoms with Crippen LogP contribution < -0.4 is 0 Å². The third-order valence-electron chi connectivity index (χ3n) is 2.48. The van der Waals surface area contributed by atoms with E-state index in [9.17, 15) is 17.6 Å². The molecule has 2 rings (SSSR count). The van der Waals surface area contributed by atoms with E-state index >= 15 is 0 Å². The summed E-state index contributed by atoms with van der Waals surface area (Å²) in [4.78, 5) is -0.673. The van der Waals surface area contributed by atoms with Gasteiger partial charge in [0, 0.05) is 11.6 Å². The molecule has 0 saturated heterocycles. The van der Waals surface area contributed by atoms with Crippen molar-refractivity contribution in [2.45, 2.75) is 4.83 Å². The minimum atomic E-state index is -1.24. The molecule has 18 heavy (non-hydrogen) atoms. The van der Waals surface area contributed by atoms with Crippen molar-refractivity contribution in [3.05, 3.63) is 70.8 Å². The highest BCUT2D eigenvalue weighted by molar-refractivity contribution is 9.09. The Bertz CT molecular complexity index is 566. The van der Waals surface area contributed by atoms with Crippen LogP contribution in [-0.4, -0.2) is 0 Å². The zero-order chi connectivity index (χ0) is 13.3. The van der Waals surface area contributed by atoms with Crippen LogP contribution in [-0.2, 0) is 0 Å². The molecule has 0 N–H and O–H groups in total. The standard InChI is InChI=1S/C13H7BrF4/c14-13(7-1-3-8(15)4-2-7)9-5-11(17)12(18)6-10(9)16/h1-6,13H. The van der Waals surface area contributed by atoms with Crippen molar-refractivity contribution in [2.75, 3.05) is 0 Å². The molecule has 0 aliphatic rings. The van der Waals surface area contributed by atoms with E-state index in [2.05, 4.69) is 15.9 Å². The number of benzene rings is 2. The van der Waals surface area contributed by atoms with Gasteiger partial charge in [-0.25, -0.2) is 17.6 Å². The normalized spacial score (nSPS) is 12.5. The van der Waals surface area contributed by atoms with Crippen molar-refractivity contribution in [2.24, 2.45) is 0 Å². The van der Waals surface area contributed by atoms with E-state index in [1.165, 1.54) is 24.3 Å². The van der Waals surface area contributed by atoms with Gasteiger partial charge in [0.05, 0.1) is 4.83 Å². The maximum Gasteiger partial charge on any atom is 0.161 e. The van der Waals surface area contributed by atoms with E-state index < -0.39 is 28.1 Å². The van der Waals surface area contributed by atoms with E-state index in [0.29, 0.717) is 11.6 Å². The van der Waals surface area contributed by atoms with Crippen molar-refractivity contribution in [3.63, 3.8) is 0 Å². The maximum absolute atomic E-state index is 13.5. The van der Waals surface area contributed by atoms with Crippen LogP contribution in [0.4, 0.5) is 17.6 Å². The lowest BCUT2D eigenvalue weighted by Gasteiger charge is -2.12. The number of hydrogen-bond acceptors (Lipinski definition) is 0. The van der Waals surface area contributed by atoms with Gasteiger partial charge in [-0.3, -0.25) is 0 Å². The monoisotopic (exact) mass is 318 g/mol. The second kappa shape index (κ2) is 5.10. The number of alkyl halides is 1. The van der Waals surface area contributed by atoms with Gasteiger partial charge in [0.2, 0.25) is 0 Å². The lowest BCUT2D eigenvalue weighted by molar-refractivity contribution is 0.491. The first-order chi connectivity index (χ1) is 8.49. The van der Waals surface area contributed by atoms with Gasteiger partial charge in [-0.15, -0.1) is 0 Å². The molecule has 5 heteroatoms. The third kappa shape index (κ3) is 2.56. The summed E-state index contributed by atoms with van der Waals surface area (Å²) in [6, 6.07) is 6.57. The van der Waals surface area contributed by atoms with Crippen molar-refractivity contribution < 1.29 is 17.6 Å². The topological polar surface area (TPSA) is 0 Å². The zero-order valence-electron chi connectivity index (χ0n) is 8.93. The van der Waals surface area contributed by atoms with E-state index in [1.54, 1.807) is 0 Å². The van der Waals surface area contributed by atoms with Gasteiger partial charge in [0.15, 0.2) is 11.6 Å². The van der Waals surface area contributed by atoms with Crippen LogP contribution in [0.5, 0.6) is 0 Å². The van der Waals surface area contributed by atoms with Crippen molar-refractivity contribution in [1.29, 1.82) is 0 Å². The van der Waals surface area contributed by atoms with Gasteiger partial charge in [0.25, 0.3) is 0 Å². The molecule has 0 aromatic heterocycles. The number of rotatable bonds is 2. The largest absolute Gasteiger partial charge is 0.207 e. The second-order valence-corrected chi connectivity index (χ2v) is 4.62.